The van der Waals surface area contributed by atoms with Crippen molar-refractivity contribution in [3.63, 3.8) is 0 Å². The molecule has 0 bridgehead atoms. The molecule has 0 aliphatic heterocycles. The third-order valence-corrected chi connectivity index (χ3v) is 5.10. The van der Waals surface area contributed by atoms with E-state index >= 15 is 0 Å². The first-order valence-corrected chi connectivity index (χ1v) is 8.02. The number of fused-ring (bicyclic) bond motifs is 1. The highest BCUT2D eigenvalue weighted by molar-refractivity contribution is 7.16. The fourth-order valence-corrected chi connectivity index (χ4v) is 4.03. The van der Waals surface area contributed by atoms with Crippen LogP contribution in [0.5, 0.6) is 0 Å². The third kappa shape index (κ3) is 2.05. The molecule has 3 heterocycles. The molecule has 1 fully saturated rings. The predicted molar refractivity (Wildman–Crippen MR) is 79.1 cm³/mol. The van der Waals surface area contributed by atoms with E-state index in [9.17, 15) is 5.26 Å². The van der Waals surface area contributed by atoms with Gasteiger partial charge in [0.1, 0.15) is 16.8 Å². The van der Waals surface area contributed by atoms with Crippen molar-refractivity contribution in [3.8, 4) is 17.5 Å². The van der Waals surface area contributed by atoms with Crippen LogP contribution >= 0.6 is 11.3 Å². The molecule has 3 aromatic heterocycles. The Labute approximate surface area is 125 Å². The van der Waals surface area contributed by atoms with Crippen molar-refractivity contribution in [2.24, 2.45) is 0 Å². The number of hydrogen-bond donors (Lipinski definition) is 0. The average Bonchev–Trinajstić information content (AvgIpc) is 3.22. The van der Waals surface area contributed by atoms with E-state index in [0.717, 1.165) is 9.97 Å². The van der Waals surface area contributed by atoms with E-state index in [0.29, 0.717) is 23.1 Å². The molecule has 0 aromatic carbocycles. The first-order chi connectivity index (χ1) is 10.4. The Bertz CT molecular complexity index is 803. The van der Waals surface area contributed by atoms with Gasteiger partial charge in [0.15, 0.2) is 11.5 Å². The zero-order valence-corrected chi connectivity index (χ0v) is 12.3. The highest BCUT2D eigenvalue weighted by Crippen LogP contribution is 2.36. The van der Waals surface area contributed by atoms with E-state index in [1.807, 2.05) is 6.07 Å². The Morgan fingerprint density at radius 1 is 1.33 bits per heavy atom. The summed E-state index contributed by atoms with van der Waals surface area (Å²) in [5.74, 6) is 1.15. The molecule has 1 aliphatic rings. The van der Waals surface area contributed by atoms with Gasteiger partial charge < -0.3 is 4.42 Å². The van der Waals surface area contributed by atoms with Gasteiger partial charge in [-0.25, -0.2) is 4.98 Å². The lowest BCUT2D eigenvalue weighted by Gasteiger charge is -2.18. The fourth-order valence-electron chi connectivity index (χ4n) is 2.96. The van der Waals surface area contributed by atoms with Crippen LogP contribution < -0.4 is 0 Å². The van der Waals surface area contributed by atoms with Crippen LogP contribution in [0.4, 0.5) is 0 Å². The molecule has 1 aliphatic carbocycles. The second-order valence-corrected chi connectivity index (χ2v) is 6.36. The van der Waals surface area contributed by atoms with Gasteiger partial charge in [0.2, 0.25) is 4.96 Å². The Morgan fingerprint density at radius 2 is 2.19 bits per heavy atom. The van der Waals surface area contributed by atoms with Crippen LogP contribution in [0.3, 0.4) is 0 Å². The van der Waals surface area contributed by atoms with Gasteiger partial charge in [-0.05, 0) is 25.0 Å². The summed E-state index contributed by atoms with van der Waals surface area (Å²) in [5.41, 5.74) is 1.04. The molecule has 5 nitrogen and oxygen atoms in total. The number of hydrogen-bond acceptors (Lipinski definition) is 5. The monoisotopic (exact) mass is 298 g/mol. The maximum Gasteiger partial charge on any atom is 0.214 e. The molecule has 1 saturated carbocycles. The van der Waals surface area contributed by atoms with Gasteiger partial charge in [-0.1, -0.05) is 30.6 Å². The van der Waals surface area contributed by atoms with Gasteiger partial charge in [-0.2, -0.15) is 14.9 Å². The van der Waals surface area contributed by atoms with Gasteiger partial charge >= 0.3 is 0 Å². The fraction of sp³-hybridized carbons (Fsp3) is 0.400. The van der Waals surface area contributed by atoms with E-state index in [4.69, 9.17) is 4.42 Å². The normalized spacial score (nSPS) is 16.3. The SMILES string of the molecule is N#Cc1c(-c2ccco2)nc2sc(C3CCCCC3)nn12. The quantitative estimate of drug-likeness (QED) is 0.718. The summed E-state index contributed by atoms with van der Waals surface area (Å²) in [6.07, 6.45) is 7.85. The summed E-state index contributed by atoms with van der Waals surface area (Å²) in [4.78, 5) is 5.32. The summed E-state index contributed by atoms with van der Waals surface area (Å²) in [5, 5.41) is 15.2. The van der Waals surface area contributed by atoms with Crippen LogP contribution in [0.2, 0.25) is 0 Å². The lowest BCUT2D eigenvalue weighted by atomic mass is 9.90. The van der Waals surface area contributed by atoms with Crippen LogP contribution in [0.1, 0.15) is 48.7 Å². The van der Waals surface area contributed by atoms with Gasteiger partial charge in [0, 0.05) is 5.92 Å². The minimum Gasteiger partial charge on any atom is -0.463 e. The molecule has 3 aromatic rings. The van der Waals surface area contributed by atoms with Crippen LogP contribution in [0.15, 0.2) is 22.8 Å². The van der Waals surface area contributed by atoms with E-state index in [2.05, 4.69) is 16.2 Å². The zero-order chi connectivity index (χ0) is 14.2. The molecule has 0 atom stereocenters. The van der Waals surface area contributed by atoms with Gasteiger partial charge in [0.05, 0.1) is 6.26 Å². The predicted octanol–water partition coefficient (Wildman–Crippen LogP) is 3.97. The molecule has 0 radical (unpaired) electrons. The van der Waals surface area contributed by atoms with E-state index in [-0.39, 0.29) is 0 Å². The molecule has 106 valence electrons. The minimum absolute atomic E-state index is 0.457. The Kier molecular flexibility index (Phi) is 3.00. The third-order valence-electron chi connectivity index (χ3n) is 4.03. The van der Waals surface area contributed by atoms with Crippen molar-refractivity contribution in [1.29, 1.82) is 5.26 Å². The maximum atomic E-state index is 9.44. The van der Waals surface area contributed by atoms with Crippen molar-refractivity contribution < 1.29 is 4.42 Å². The largest absolute Gasteiger partial charge is 0.463 e. The first kappa shape index (κ1) is 12.6. The molecule has 0 amide bonds. The molecule has 21 heavy (non-hydrogen) atoms. The summed E-state index contributed by atoms with van der Waals surface area (Å²) < 4.78 is 7.03. The molecule has 0 N–H and O–H groups in total. The Hall–Kier alpha value is -2.13. The molecule has 4 rings (SSSR count). The van der Waals surface area contributed by atoms with E-state index < -0.39 is 0 Å². The number of nitriles is 1. The van der Waals surface area contributed by atoms with Crippen molar-refractivity contribution in [1.82, 2.24) is 14.6 Å². The molecule has 0 unspecified atom stereocenters. The first-order valence-electron chi connectivity index (χ1n) is 7.20. The van der Waals surface area contributed by atoms with Crippen molar-refractivity contribution in [2.75, 3.05) is 0 Å². The van der Waals surface area contributed by atoms with Gasteiger partial charge in [0.25, 0.3) is 0 Å². The number of aromatic nitrogens is 3. The standard InChI is InChI=1S/C15H14N4OS/c16-9-11-13(12-7-4-8-20-12)17-15-19(11)18-14(21-15)10-5-2-1-3-6-10/h4,7-8,10H,1-3,5-6H2. The lowest BCUT2D eigenvalue weighted by Crippen LogP contribution is -2.05. The molecular formula is C15H14N4OS. The van der Waals surface area contributed by atoms with Crippen LogP contribution in [0.25, 0.3) is 16.4 Å². The number of furan rings is 1. The molecule has 6 heteroatoms. The van der Waals surface area contributed by atoms with Crippen LogP contribution in [0, 0.1) is 11.3 Å². The summed E-state index contributed by atoms with van der Waals surface area (Å²) in [6.45, 7) is 0. The number of nitrogens with zero attached hydrogens (tertiary/aromatic N) is 4. The van der Waals surface area contributed by atoms with Crippen molar-refractivity contribution in [3.05, 3.63) is 29.1 Å². The second-order valence-electron chi connectivity index (χ2n) is 5.37. The molecular weight excluding hydrogens is 284 g/mol. The highest BCUT2D eigenvalue weighted by Gasteiger charge is 2.24. The van der Waals surface area contributed by atoms with E-state index in [1.165, 1.54) is 32.1 Å². The minimum atomic E-state index is 0.457. The molecule has 0 saturated heterocycles. The topological polar surface area (TPSA) is 67.1 Å². The maximum absolute atomic E-state index is 9.44. The van der Waals surface area contributed by atoms with E-state index in [1.54, 1.807) is 28.2 Å². The summed E-state index contributed by atoms with van der Waals surface area (Å²) in [6, 6.07) is 5.82. The van der Waals surface area contributed by atoms with Crippen molar-refractivity contribution in [2.45, 2.75) is 38.0 Å². The second kappa shape index (κ2) is 5.01. The Balaban J connectivity index is 1.79. The van der Waals surface area contributed by atoms with Gasteiger partial charge in [-0.15, -0.1) is 0 Å². The Morgan fingerprint density at radius 3 is 2.90 bits per heavy atom. The smallest absolute Gasteiger partial charge is 0.214 e. The van der Waals surface area contributed by atoms with Crippen molar-refractivity contribution >= 4 is 16.3 Å². The highest BCUT2D eigenvalue weighted by atomic mass is 32.1. The number of imidazole rings is 1. The molecule has 0 spiro atoms. The van der Waals surface area contributed by atoms with Crippen LogP contribution in [-0.4, -0.2) is 14.6 Å². The summed E-state index contributed by atoms with van der Waals surface area (Å²) >= 11 is 1.60. The lowest BCUT2D eigenvalue weighted by molar-refractivity contribution is 0.439. The summed E-state index contributed by atoms with van der Waals surface area (Å²) in [7, 11) is 0. The average molecular weight is 298 g/mol. The number of rotatable bonds is 2. The zero-order valence-electron chi connectivity index (χ0n) is 11.5. The van der Waals surface area contributed by atoms with Crippen LogP contribution in [-0.2, 0) is 0 Å². The van der Waals surface area contributed by atoms with Gasteiger partial charge in [-0.3, -0.25) is 0 Å².